The molecule has 0 radical (unpaired) electrons. The van der Waals surface area contributed by atoms with Crippen molar-refractivity contribution >= 4 is 23.7 Å². The van der Waals surface area contributed by atoms with E-state index in [0.29, 0.717) is 5.69 Å². The third-order valence-electron chi connectivity index (χ3n) is 3.46. The molecule has 1 aromatic carbocycles. The number of carbonyl (C=O) groups excluding carboxylic acids is 1. The van der Waals surface area contributed by atoms with Gasteiger partial charge in [0.1, 0.15) is 11.4 Å². The zero-order valence-corrected chi connectivity index (χ0v) is 15.5. The average Bonchev–Trinajstić information content (AvgIpc) is 3.29. The zero-order chi connectivity index (χ0) is 18.5. The van der Waals surface area contributed by atoms with E-state index >= 15 is 0 Å². The van der Waals surface area contributed by atoms with Crippen LogP contribution in [0.4, 0.5) is 6.01 Å². The molecule has 26 heavy (non-hydrogen) atoms. The number of aromatic nitrogens is 4. The maximum absolute atomic E-state index is 12.0. The van der Waals surface area contributed by atoms with Crippen LogP contribution < -0.4 is 10.1 Å². The molecule has 0 aliphatic rings. The normalized spacial score (nSPS) is 10.9. The Hall–Kier alpha value is -2.81. The molecule has 0 bridgehead atoms. The van der Waals surface area contributed by atoms with Gasteiger partial charge in [0.25, 0.3) is 5.89 Å². The number of amides is 1. The van der Waals surface area contributed by atoms with Gasteiger partial charge in [0.05, 0.1) is 12.9 Å². The van der Waals surface area contributed by atoms with E-state index in [1.807, 2.05) is 44.3 Å². The topological polar surface area (TPSA) is 95.1 Å². The number of hydrogen-bond acceptors (Lipinski definition) is 7. The first kappa shape index (κ1) is 18.0. The molecule has 0 saturated heterocycles. The summed E-state index contributed by atoms with van der Waals surface area (Å²) < 4.78 is 12.4. The van der Waals surface area contributed by atoms with E-state index in [1.165, 1.54) is 11.8 Å². The highest BCUT2D eigenvalue weighted by Crippen LogP contribution is 2.22. The number of methoxy groups -OCH3 is 1. The second-order valence-electron chi connectivity index (χ2n) is 5.70. The molecule has 2 heterocycles. The standard InChI is InChI=1S/C17H19N5O3S/c1-11(2)22-9-8-14(21-22)16-19-20-17(25-16)18-15(23)10-26-13-6-4-12(24-3)5-7-13/h4-9,11H,10H2,1-3H3,(H,18,20,23). The van der Waals surface area contributed by atoms with Gasteiger partial charge in [-0.25, -0.2) is 0 Å². The number of anilines is 1. The molecule has 0 atom stereocenters. The van der Waals surface area contributed by atoms with E-state index in [9.17, 15) is 4.79 Å². The Labute approximate surface area is 154 Å². The van der Waals surface area contributed by atoms with Crippen molar-refractivity contribution in [1.29, 1.82) is 0 Å². The molecule has 136 valence electrons. The van der Waals surface area contributed by atoms with Crippen LogP contribution in [0.15, 0.2) is 45.8 Å². The summed E-state index contributed by atoms with van der Waals surface area (Å²) in [6.45, 7) is 4.05. The van der Waals surface area contributed by atoms with Crippen LogP contribution in [-0.2, 0) is 4.79 Å². The first-order valence-corrected chi connectivity index (χ1v) is 8.99. The van der Waals surface area contributed by atoms with Crippen molar-refractivity contribution in [2.24, 2.45) is 0 Å². The minimum Gasteiger partial charge on any atom is -0.497 e. The summed E-state index contributed by atoms with van der Waals surface area (Å²) >= 11 is 1.40. The smallest absolute Gasteiger partial charge is 0.322 e. The molecule has 8 nitrogen and oxygen atoms in total. The number of nitrogens with zero attached hydrogens (tertiary/aromatic N) is 4. The van der Waals surface area contributed by atoms with Crippen LogP contribution in [0.25, 0.3) is 11.6 Å². The van der Waals surface area contributed by atoms with Crippen LogP contribution in [0.1, 0.15) is 19.9 Å². The first-order chi connectivity index (χ1) is 12.5. The van der Waals surface area contributed by atoms with Crippen molar-refractivity contribution in [2.75, 3.05) is 18.2 Å². The molecule has 0 aliphatic heterocycles. The van der Waals surface area contributed by atoms with E-state index in [4.69, 9.17) is 9.15 Å². The highest BCUT2D eigenvalue weighted by molar-refractivity contribution is 8.00. The maximum Gasteiger partial charge on any atom is 0.322 e. The van der Waals surface area contributed by atoms with Gasteiger partial charge in [-0.05, 0) is 44.2 Å². The minimum atomic E-state index is -0.228. The van der Waals surface area contributed by atoms with Crippen LogP contribution in [0.5, 0.6) is 5.75 Å². The molecule has 0 aliphatic carbocycles. The van der Waals surface area contributed by atoms with E-state index in [0.717, 1.165) is 10.6 Å². The lowest BCUT2D eigenvalue weighted by Gasteiger charge is -2.03. The Morgan fingerprint density at radius 3 is 2.69 bits per heavy atom. The van der Waals surface area contributed by atoms with Crippen molar-refractivity contribution in [3.63, 3.8) is 0 Å². The van der Waals surface area contributed by atoms with E-state index in [1.54, 1.807) is 17.9 Å². The van der Waals surface area contributed by atoms with Gasteiger partial charge in [-0.15, -0.1) is 16.9 Å². The molecule has 3 aromatic rings. The summed E-state index contributed by atoms with van der Waals surface area (Å²) in [5.41, 5.74) is 0.569. The number of rotatable bonds is 7. The fourth-order valence-electron chi connectivity index (χ4n) is 2.09. The second-order valence-corrected chi connectivity index (χ2v) is 6.75. The van der Waals surface area contributed by atoms with E-state index < -0.39 is 0 Å². The summed E-state index contributed by atoms with van der Waals surface area (Å²) in [6, 6.07) is 9.57. The second kappa shape index (κ2) is 8.05. The Morgan fingerprint density at radius 2 is 2.04 bits per heavy atom. The van der Waals surface area contributed by atoms with Gasteiger partial charge in [-0.1, -0.05) is 5.10 Å². The lowest BCUT2D eigenvalue weighted by atomic mass is 10.3. The molecule has 9 heteroatoms. The predicted octanol–water partition coefficient (Wildman–Crippen LogP) is 3.25. The molecule has 3 rings (SSSR count). The van der Waals surface area contributed by atoms with Gasteiger partial charge in [0.2, 0.25) is 5.91 Å². The summed E-state index contributed by atoms with van der Waals surface area (Å²) in [5.74, 6) is 1.04. The molecule has 1 amide bonds. The summed E-state index contributed by atoms with van der Waals surface area (Å²) in [4.78, 5) is 13.0. The molecular weight excluding hydrogens is 354 g/mol. The number of hydrogen-bond donors (Lipinski definition) is 1. The third-order valence-corrected chi connectivity index (χ3v) is 4.47. The van der Waals surface area contributed by atoms with Gasteiger partial charge in [0, 0.05) is 17.1 Å². The number of carbonyl (C=O) groups is 1. The van der Waals surface area contributed by atoms with Crippen molar-refractivity contribution in [1.82, 2.24) is 20.0 Å². The highest BCUT2D eigenvalue weighted by Gasteiger charge is 2.14. The van der Waals surface area contributed by atoms with E-state index in [-0.39, 0.29) is 29.6 Å². The van der Waals surface area contributed by atoms with Gasteiger partial charge in [0.15, 0.2) is 0 Å². The van der Waals surface area contributed by atoms with Gasteiger partial charge < -0.3 is 9.15 Å². The quantitative estimate of drug-likeness (QED) is 0.635. The monoisotopic (exact) mass is 373 g/mol. The predicted molar refractivity (Wildman–Crippen MR) is 98.3 cm³/mol. The minimum absolute atomic E-state index is 0.0550. The number of thioether (sulfide) groups is 1. The van der Waals surface area contributed by atoms with Gasteiger partial charge >= 0.3 is 6.01 Å². The van der Waals surface area contributed by atoms with Crippen molar-refractivity contribution in [3.05, 3.63) is 36.5 Å². The number of benzene rings is 1. The Kier molecular flexibility index (Phi) is 5.57. The van der Waals surface area contributed by atoms with Crippen LogP contribution in [0.3, 0.4) is 0 Å². The van der Waals surface area contributed by atoms with Crippen molar-refractivity contribution in [3.8, 4) is 17.3 Å². The van der Waals surface area contributed by atoms with Gasteiger partial charge in [-0.3, -0.25) is 14.8 Å². The average molecular weight is 373 g/mol. The van der Waals surface area contributed by atoms with Crippen LogP contribution >= 0.6 is 11.8 Å². The SMILES string of the molecule is COc1ccc(SCC(=O)Nc2nnc(-c3ccn(C(C)C)n3)o2)cc1. The molecule has 0 spiro atoms. The number of ether oxygens (including phenoxy) is 1. The summed E-state index contributed by atoms with van der Waals surface area (Å²) in [6.07, 6.45) is 1.84. The molecule has 1 N–H and O–H groups in total. The fraction of sp³-hybridized carbons (Fsp3) is 0.294. The van der Waals surface area contributed by atoms with Crippen molar-refractivity contribution in [2.45, 2.75) is 24.8 Å². The van der Waals surface area contributed by atoms with Crippen LogP contribution in [0.2, 0.25) is 0 Å². The van der Waals surface area contributed by atoms with Crippen LogP contribution in [-0.4, -0.2) is 38.7 Å². The van der Waals surface area contributed by atoms with Gasteiger partial charge in [-0.2, -0.15) is 5.10 Å². The Morgan fingerprint density at radius 1 is 1.27 bits per heavy atom. The van der Waals surface area contributed by atoms with Crippen LogP contribution in [0, 0.1) is 0 Å². The lowest BCUT2D eigenvalue weighted by molar-refractivity contribution is -0.113. The molecular formula is C17H19N5O3S. The Balaban J connectivity index is 1.55. The highest BCUT2D eigenvalue weighted by atomic mass is 32.2. The number of nitrogens with one attached hydrogen (secondary N) is 1. The molecule has 0 fully saturated rings. The lowest BCUT2D eigenvalue weighted by Crippen LogP contribution is -2.14. The first-order valence-electron chi connectivity index (χ1n) is 8.01. The van der Waals surface area contributed by atoms with E-state index in [2.05, 4.69) is 20.6 Å². The summed E-state index contributed by atoms with van der Waals surface area (Å²) in [7, 11) is 1.61. The zero-order valence-electron chi connectivity index (χ0n) is 14.7. The summed E-state index contributed by atoms with van der Waals surface area (Å²) in [5, 5.41) is 14.7. The molecule has 0 saturated carbocycles. The largest absolute Gasteiger partial charge is 0.497 e. The third kappa shape index (κ3) is 4.42. The fourth-order valence-corrected chi connectivity index (χ4v) is 2.79. The molecule has 2 aromatic heterocycles. The Bertz CT molecular complexity index is 873. The van der Waals surface area contributed by atoms with Crippen molar-refractivity contribution < 1.29 is 13.9 Å². The molecule has 0 unspecified atom stereocenters. The maximum atomic E-state index is 12.0.